The van der Waals surface area contributed by atoms with Gasteiger partial charge in [0.2, 0.25) is 5.91 Å². The van der Waals surface area contributed by atoms with Gasteiger partial charge >= 0.3 is 0 Å². The molecule has 1 heterocycles. The topological polar surface area (TPSA) is 50.4 Å². The molecule has 1 fully saturated rings. The van der Waals surface area contributed by atoms with Crippen molar-refractivity contribution in [3.8, 4) is 0 Å². The molecule has 4 heteroatoms. The second-order valence-corrected chi connectivity index (χ2v) is 4.63. The summed E-state index contributed by atoms with van der Waals surface area (Å²) in [6, 6.07) is 7.91. The first-order chi connectivity index (χ1) is 8.79. The molecule has 0 saturated carbocycles. The summed E-state index contributed by atoms with van der Waals surface area (Å²) < 4.78 is 5.33. The highest BCUT2D eigenvalue weighted by molar-refractivity contribution is 5.92. The molecule has 1 aliphatic rings. The van der Waals surface area contributed by atoms with Crippen LogP contribution in [0.4, 0.5) is 5.69 Å². The molecular formula is C14H20N2O2. The minimum atomic E-state index is -0.00768. The Morgan fingerprint density at radius 2 is 2.39 bits per heavy atom. The van der Waals surface area contributed by atoms with E-state index in [4.69, 9.17) is 4.74 Å². The molecule has 0 aliphatic carbocycles. The molecule has 1 aliphatic heterocycles. The van der Waals surface area contributed by atoms with E-state index in [1.165, 1.54) is 0 Å². The number of nitrogens with one attached hydrogen (secondary N) is 2. The number of hydrogen-bond donors (Lipinski definition) is 2. The molecule has 4 nitrogen and oxygen atoms in total. The molecule has 1 aromatic carbocycles. The van der Waals surface area contributed by atoms with Crippen LogP contribution < -0.4 is 10.6 Å². The number of amides is 1. The predicted octanol–water partition coefficient (Wildman–Crippen LogP) is 1.77. The summed E-state index contributed by atoms with van der Waals surface area (Å²) in [6.07, 6.45) is 1.89. The maximum Gasteiger partial charge on any atom is 0.229 e. The summed E-state index contributed by atoms with van der Waals surface area (Å²) in [4.78, 5) is 12.0. The first kappa shape index (κ1) is 13.1. The Hall–Kier alpha value is -1.39. The van der Waals surface area contributed by atoms with Gasteiger partial charge in [-0.25, -0.2) is 0 Å². The number of hydrogen-bond acceptors (Lipinski definition) is 3. The highest BCUT2D eigenvalue weighted by Crippen LogP contribution is 2.17. The molecule has 1 aromatic rings. The number of rotatable bonds is 4. The van der Waals surface area contributed by atoms with E-state index in [0.29, 0.717) is 6.61 Å². The minimum Gasteiger partial charge on any atom is -0.381 e. The van der Waals surface area contributed by atoms with E-state index in [0.717, 1.165) is 37.2 Å². The van der Waals surface area contributed by atoms with Gasteiger partial charge in [-0.1, -0.05) is 12.1 Å². The predicted molar refractivity (Wildman–Crippen MR) is 71.4 cm³/mol. The van der Waals surface area contributed by atoms with E-state index < -0.39 is 0 Å². The quantitative estimate of drug-likeness (QED) is 0.854. The van der Waals surface area contributed by atoms with E-state index >= 15 is 0 Å². The van der Waals surface area contributed by atoms with Crippen molar-refractivity contribution >= 4 is 11.6 Å². The molecule has 0 bridgehead atoms. The standard InChI is InChI=1S/C14H20N2O2/c1-15-9-11-4-2-6-13(8-11)16-14(17)12-5-3-7-18-10-12/h2,4,6,8,12,15H,3,5,7,9-10H2,1H3,(H,16,17). The molecule has 0 spiro atoms. The third-order valence-electron chi connectivity index (χ3n) is 3.11. The zero-order chi connectivity index (χ0) is 12.8. The highest BCUT2D eigenvalue weighted by atomic mass is 16.5. The van der Waals surface area contributed by atoms with E-state index in [-0.39, 0.29) is 11.8 Å². The third-order valence-corrected chi connectivity index (χ3v) is 3.11. The normalized spacial score (nSPS) is 19.5. The van der Waals surface area contributed by atoms with Gasteiger partial charge in [-0.15, -0.1) is 0 Å². The summed E-state index contributed by atoms with van der Waals surface area (Å²) in [6.45, 7) is 2.12. The average Bonchev–Trinajstić information content (AvgIpc) is 2.40. The van der Waals surface area contributed by atoms with Crippen LogP contribution in [0.25, 0.3) is 0 Å². The Kier molecular flexibility index (Phi) is 4.73. The van der Waals surface area contributed by atoms with Crippen molar-refractivity contribution in [3.63, 3.8) is 0 Å². The first-order valence-electron chi connectivity index (χ1n) is 6.42. The molecule has 18 heavy (non-hydrogen) atoms. The zero-order valence-corrected chi connectivity index (χ0v) is 10.7. The van der Waals surface area contributed by atoms with Crippen molar-refractivity contribution in [3.05, 3.63) is 29.8 Å². The number of benzene rings is 1. The first-order valence-corrected chi connectivity index (χ1v) is 6.42. The molecule has 1 amide bonds. The molecule has 0 radical (unpaired) electrons. The summed E-state index contributed by atoms with van der Waals surface area (Å²) in [5, 5.41) is 6.06. The number of ether oxygens (including phenoxy) is 1. The Balaban J connectivity index is 1.95. The molecular weight excluding hydrogens is 228 g/mol. The minimum absolute atomic E-state index is 0.00768. The van der Waals surface area contributed by atoms with Crippen LogP contribution in [0.15, 0.2) is 24.3 Å². The fourth-order valence-corrected chi connectivity index (χ4v) is 2.15. The SMILES string of the molecule is CNCc1cccc(NC(=O)C2CCCOC2)c1. The summed E-state index contributed by atoms with van der Waals surface area (Å²) >= 11 is 0. The van der Waals surface area contributed by atoms with Gasteiger partial charge in [0.15, 0.2) is 0 Å². The maximum absolute atomic E-state index is 12.0. The Labute approximate surface area is 108 Å². The molecule has 1 saturated heterocycles. The summed E-state index contributed by atoms with van der Waals surface area (Å²) in [7, 11) is 1.91. The fourth-order valence-electron chi connectivity index (χ4n) is 2.15. The van der Waals surface area contributed by atoms with Crippen LogP contribution in [0.1, 0.15) is 18.4 Å². The molecule has 1 unspecified atom stereocenters. The Morgan fingerprint density at radius 3 is 3.11 bits per heavy atom. The van der Waals surface area contributed by atoms with E-state index in [9.17, 15) is 4.79 Å². The Morgan fingerprint density at radius 1 is 1.50 bits per heavy atom. The van der Waals surface area contributed by atoms with Gasteiger partial charge in [0, 0.05) is 18.8 Å². The van der Waals surface area contributed by atoms with Crippen LogP contribution in [0.3, 0.4) is 0 Å². The summed E-state index contributed by atoms with van der Waals surface area (Å²) in [5.74, 6) is 0.0583. The van der Waals surface area contributed by atoms with Crippen molar-refractivity contribution in [2.45, 2.75) is 19.4 Å². The van der Waals surface area contributed by atoms with Crippen molar-refractivity contribution < 1.29 is 9.53 Å². The van der Waals surface area contributed by atoms with Gasteiger partial charge in [-0.3, -0.25) is 4.79 Å². The Bertz CT molecular complexity index is 401. The van der Waals surface area contributed by atoms with Crippen LogP contribution in [0.2, 0.25) is 0 Å². The smallest absolute Gasteiger partial charge is 0.229 e. The molecule has 0 aromatic heterocycles. The van der Waals surface area contributed by atoms with Gasteiger partial charge < -0.3 is 15.4 Å². The van der Waals surface area contributed by atoms with E-state index in [2.05, 4.69) is 10.6 Å². The average molecular weight is 248 g/mol. The van der Waals surface area contributed by atoms with Gasteiger partial charge in [0.1, 0.15) is 0 Å². The van der Waals surface area contributed by atoms with Crippen molar-refractivity contribution in [1.29, 1.82) is 0 Å². The van der Waals surface area contributed by atoms with Crippen molar-refractivity contribution in [2.75, 3.05) is 25.6 Å². The largest absolute Gasteiger partial charge is 0.381 e. The van der Waals surface area contributed by atoms with Crippen LogP contribution in [-0.4, -0.2) is 26.2 Å². The highest BCUT2D eigenvalue weighted by Gasteiger charge is 2.21. The molecule has 2 N–H and O–H groups in total. The van der Waals surface area contributed by atoms with Crippen molar-refractivity contribution in [2.24, 2.45) is 5.92 Å². The number of carbonyl (C=O) groups excluding carboxylic acids is 1. The van der Waals surface area contributed by atoms with E-state index in [1.54, 1.807) is 0 Å². The third kappa shape index (κ3) is 3.55. The lowest BCUT2D eigenvalue weighted by molar-refractivity contribution is -0.123. The fraction of sp³-hybridized carbons (Fsp3) is 0.500. The zero-order valence-electron chi connectivity index (χ0n) is 10.7. The lowest BCUT2D eigenvalue weighted by Crippen LogP contribution is -2.30. The van der Waals surface area contributed by atoms with Gasteiger partial charge in [0.25, 0.3) is 0 Å². The lowest BCUT2D eigenvalue weighted by Gasteiger charge is -2.21. The maximum atomic E-state index is 12.0. The monoisotopic (exact) mass is 248 g/mol. The van der Waals surface area contributed by atoms with Gasteiger partial charge in [0.05, 0.1) is 12.5 Å². The lowest BCUT2D eigenvalue weighted by atomic mass is 10.0. The van der Waals surface area contributed by atoms with Crippen LogP contribution in [0, 0.1) is 5.92 Å². The van der Waals surface area contributed by atoms with Crippen LogP contribution in [0.5, 0.6) is 0 Å². The number of carbonyl (C=O) groups is 1. The van der Waals surface area contributed by atoms with Gasteiger partial charge in [-0.2, -0.15) is 0 Å². The molecule has 98 valence electrons. The van der Waals surface area contributed by atoms with Crippen LogP contribution in [-0.2, 0) is 16.1 Å². The van der Waals surface area contributed by atoms with E-state index in [1.807, 2.05) is 31.3 Å². The number of anilines is 1. The summed E-state index contributed by atoms with van der Waals surface area (Å²) in [5.41, 5.74) is 2.02. The second-order valence-electron chi connectivity index (χ2n) is 4.63. The molecule has 1 atom stereocenters. The van der Waals surface area contributed by atoms with Crippen LogP contribution >= 0.6 is 0 Å². The second kappa shape index (κ2) is 6.52. The van der Waals surface area contributed by atoms with Crippen molar-refractivity contribution in [1.82, 2.24) is 5.32 Å². The van der Waals surface area contributed by atoms with Gasteiger partial charge in [-0.05, 0) is 37.6 Å². The molecule has 2 rings (SSSR count).